The topological polar surface area (TPSA) is 49.9 Å². The summed E-state index contributed by atoms with van der Waals surface area (Å²) in [5.41, 5.74) is 6.63. The van der Waals surface area contributed by atoms with Gasteiger partial charge in [-0.05, 0) is 18.3 Å². The Labute approximate surface area is 88.1 Å². The van der Waals surface area contributed by atoms with Crippen LogP contribution in [0.15, 0.2) is 12.2 Å². The van der Waals surface area contributed by atoms with E-state index in [-0.39, 0.29) is 16.7 Å². The third-order valence-electron chi connectivity index (χ3n) is 3.00. The number of hydrogen-bond donors (Lipinski definition) is 2. The van der Waals surface area contributed by atoms with Gasteiger partial charge in [0.1, 0.15) is 0 Å². The molecule has 0 aliphatic heterocycles. The van der Waals surface area contributed by atoms with Crippen molar-refractivity contribution < 1.29 is 0 Å². The summed E-state index contributed by atoms with van der Waals surface area (Å²) >= 11 is 0. The Morgan fingerprint density at radius 3 is 1.93 bits per heavy atom. The van der Waals surface area contributed by atoms with Crippen LogP contribution in [0.2, 0.25) is 0 Å². The first-order valence-electron chi connectivity index (χ1n) is 5.16. The van der Waals surface area contributed by atoms with Gasteiger partial charge in [0.15, 0.2) is 0 Å². The molecule has 0 fully saturated rings. The number of amidine groups is 1. The number of rotatable bonds is 5. The molecule has 14 heavy (non-hydrogen) atoms. The molecular formula is C12H24N2. The molecule has 2 nitrogen and oxygen atoms in total. The van der Waals surface area contributed by atoms with Crippen LogP contribution in [-0.4, -0.2) is 5.84 Å². The van der Waals surface area contributed by atoms with E-state index in [9.17, 15) is 0 Å². The highest BCUT2D eigenvalue weighted by molar-refractivity contribution is 5.82. The standard InChI is InChI=1S/C12H24N2/c1-7-9(2)11(3,4)8-12(5,6)10(13)14/h2,7-8H2,1,3-6H3,(H3,13,14). The maximum absolute atomic E-state index is 7.52. The summed E-state index contributed by atoms with van der Waals surface area (Å²) in [5, 5.41) is 7.52. The summed E-state index contributed by atoms with van der Waals surface area (Å²) in [7, 11) is 0. The highest BCUT2D eigenvalue weighted by Crippen LogP contribution is 2.39. The van der Waals surface area contributed by atoms with Crippen LogP contribution in [0.4, 0.5) is 0 Å². The summed E-state index contributed by atoms with van der Waals surface area (Å²) in [6, 6.07) is 0. The van der Waals surface area contributed by atoms with Crippen LogP contribution in [-0.2, 0) is 0 Å². The third kappa shape index (κ3) is 3.17. The molecule has 0 bridgehead atoms. The normalized spacial score (nSPS) is 12.6. The van der Waals surface area contributed by atoms with Gasteiger partial charge in [-0.25, -0.2) is 0 Å². The molecule has 2 heteroatoms. The first-order valence-corrected chi connectivity index (χ1v) is 5.16. The van der Waals surface area contributed by atoms with Gasteiger partial charge in [-0.15, -0.1) is 0 Å². The highest BCUT2D eigenvalue weighted by Gasteiger charge is 2.32. The molecule has 0 heterocycles. The molecule has 0 aliphatic carbocycles. The molecule has 0 amide bonds. The van der Waals surface area contributed by atoms with Gasteiger partial charge < -0.3 is 5.73 Å². The van der Waals surface area contributed by atoms with Crippen molar-refractivity contribution in [2.45, 2.75) is 47.5 Å². The summed E-state index contributed by atoms with van der Waals surface area (Å²) in [4.78, 5) is 0. The zero-order valence-corrected chi connectivity index (χ0v) is 10.2. The minimum absolute atomic E-state index is 0.0594. The van der Waals surface area contributed by atoms with E-state index in [0.29, 0.717) is 0 Å². The molecule has 0 saturated heterocycles. The van der Waals surface area contributed by atoms with Crippen LogP contribution in [0.5, 0.6) is 0 Å². The molecule has 0 aromatic heterocycles. The van der Waals surface area contributed by atoms with E-state index < -0.39 is 0 Å². The van der Waals surface area contributed by atoms with Crippen molar-refractivity contribution in [1.82, 2.24) is 0 Å². The molecular weight excluding hydrogens is 172 g/mol. The van der Waals surface area contributed by atoms with Gasteiger partial charge in [-0.3, -0.25) is 5.41 Å². The van der Waals surface area contributed by atoms with Crippen molar-refractivity contribution in [3.63, 3.8) is 0 Å². The van der Waals surface area contributed by atoms with E-state index in [4.69, 9.17) is 11.1 Å². The predicted molar refractivity (Wildman–Crippen MR) is 63.5 cm³/mol. The minimum Gasteiger partial charge on any atom is -0.387 e. The average Bonchev–Trinajstić information content (AvgIpc) is 2.00. The van der Waals surface area contributed by atoms with Crippen LogP contribution in [0, 0.1) is 16.2 Å². The van der Waals surface area contributed by atoms with Crippen LogP contribution >= 0.6 is 0 Å². The zero-order valence-electron chi connectivity index (χ0n) is 10.2. The van der Waals surface area contributed by atoms with Crippen molar-refractivity contribution >= 4 is 5.84 Å². The van der Waals surface area contributed by atoms with Gasteiger partial charge in [-0.2, -0.15) is 0 Å². The van der Waals surface area contributed by atoms with E-state index in [0.717, 1.165) is 12.8 Å². The predicted octanol–water partition coefficient (Wildman–Crippen LogP) is 3.33. The Balaban J connectivity index is 4.66. The maximum atomic E-state index is 7.52. The first-order chi connectivity index (χ1) is 6.13. The lowest BCUT2D eigenvalue weighted by Gasteiger charge is -2.35. The van der Waals surface area contributed by atoms with Crippen molar-refractivity contribution in [1.29, 1.82) is 5.41 Å². The lowest BCUT2D eigenvalue weighted by Crippen LogP contribution is -2.35. The molecule has 0 aromatic carbocycles. The summed E-state index contributed by atoms with van der Waals surface area (Å²) in [6.07, 6.45) is 1.86. The second-order valence-corrected chi connectivity index (χ2v) is 5.32. The Morgan fingerprint density at radius 1 is 1.21 bits per heavy atom. The maximum Gasteiger partial charge on any atom is 0.0963 e. The van der Waals surface area contributed by atoms with Gasteiger partial charge in [-0.1, -0.05) is 46.8 Å². The number of nitrogens with two attached hydrogens (primary N) is 1. The van der Waals surface area contributed by atoms with Crippen molar-refractivity contribution in [3.05, 3.63) is 12.2 Å². The minimum atomic E-state index is -0.235. The molecule has 0 saturated carbocycles. The van der Waals surface area contributed by atoms with E-state index in [2.05, 4.69) is 27.4 Å². The van der Waals surface area contributed by atoms with Crippen molar-refractivity contribution in [2.24, 2.45) is 16.6 Å². The van der Waals surface area contributed by atoms with Gasteiger partial charge >= 0.3 is 0 Å². The Morgan fingerprint density at radius 2 is 1.64 bits per heavy atom. The Hall–Kier alpha value is -0.790. The molecule has 82 valence electrons. The van der Waals surface area contributed by atoms with E-state index in [1.807, 2.05) is 13.8 Å². The Bertz CT molecular complexity index is 237. The smallest absolute Gasteiger partial charge is 0.0963 e. The number of hydrogen-bond acceptors (Lipinski definition) is 1. The molecule has 0 aliphatic rings. The Kier molecular flexibility index (Phi) is 3.92. The van der Waals surface area contributed by atoms with Crippen LogP contribution in [0.3, 0.4) is 0 Å². The quantitative estimate of drug-likeness (QED) is 0.395. The van der Waals surface area contributed by atoms with Gasteiger partial charge in [0.2, 0.25) is 0 Å². The number of allylic oxidation sites excluding steroid dienone is 1. The highest BCUT2D eigenvalue weighted by atomic mass is 14.7. The van der Waals surface area contributed by atoms with E-state index in [1.54, 1.807) is 0 Å². The summed E-state index contributed by atoms with van der Waals surface area (Å²) in [5.74, 6) is 0.259. The van der Waals surface area contributed by atoms with Crippen molar-refractivity contribution in [3.8, 4) is 0 Å². The average molecular weight is 196 g/mol. The molecule has 0 unspecified atom stereocenters. The lowest BCUT2D eigenvalue weighted by atomic mass is 9.70. The third-order valence-corrected chi connectivity index (χ3v) is 3.00. The molecule has 3 N–H and O–H groups in total. The largest absolute Gasteiger partial charge is 0.387 e. The van der Waals surface area contributed by atoms with Crippen LogP contribution < -0.4 is 5.73 Å². The van der Waals surface area contributed by atoms with Crippen LogP contribution in [0.25, 0.3) is 0 Å². The molecule has 0 spiro atoms. The fourth-order valence-electron chi connectivity index (χ4n) is 1.80. The van der Waals surface area contributed by atoms with Crippen LogP contribution in [0.1, 0.15) is 47.5 Å². The van der Waals surface area contributed by atoms with E-state index >= 15 is 0 Å². The molecule has 0 aromatic rings. The second-order valence-electron chi connectivity index (χ2n) is 5.32. The monoisotopic (exact) mass is 196 g/mol. The molecule has 0 atom stereocenters. The summed E-state index contributed by atoms with van der Waals surface area (Å²) in [6.45, 7) is 14.6. The molecule has 0 rings (SSSR count). The van der Waals surface area contributed by atoms with E-state index in [1.165, 1.54) is 5.57 Å². The number of nitrogens with one attached hydrogen (secondary N) is 1. The zero-order chi connectivity index (χ0) is 11.6. The SMILES string of the molecule is C=C(CC)C(C)(C)CC(C)(C)C(=N)N. The van der Waals surface area contributed by atoms with Crippen molar-refractivity contribution in [2.75, 3.05) is 0 Å². The second kappa shape index (κ2) is 4.16. The van der Waals surface area contributed by atoms with Gasteiger partial charge in [0.05, 0.1) is 5.84 Å². The summed E-state index contributed by atoms with van der Waals surface area (Å²) < 4.78 is 0. The van der Waals surface area contributed by atoms with Gasteiger partial charge in [0.25, 0.3) is 0 Å². The fraction of sp³-hybridized carbons (Fsp3) is 0.750. The lowest BCUT2D eigenvalue weighted by molar-refractivity contribution is 0.292. The first kappa shape index (κ1) is 13.2. The van der Waals surface area contributed by atoms with Gasteiger partial charge in [0, 0.05) is 5.41 Å². The molecule has 0 radical (unpaired) electrons. The fourth-order valence-corrected chi connectivity index (χ4v) is 1.80.